The molecule has 0 atom stereocenters. The minimum Gasteiger partial charge on any atom is -0.441 e. The van der Waals surface area contributed by atoms with E-state index in [0.717, 1.165) is 12.1 Å². The number of aromatic nitrogens is 1. The first-order valence-corrected chi connectivity index (χ1v) is 9.48. The molecule has 1 amide bonds. The quantitative estimate of drug-likeness (QED) is 0.712. The van der Waals surface area contributed by atoms with Gasteiger partial charge in [0.05, 0.1) is 11.2 Å². The lowest BCUT2D eigenvalue weighted by molar-refractivity contribution is -0.121. The van der Waals surface area contributed by atoms with E-state index in [0.29, 0.717) is 48.1 Å². The number of nitrogens with one attached hydrogen (secondary N) is 1. The maximum atomic E-state index is 12.0. The molecule has 0 radical (unpaired) electrons. The minimum absolute atomic E-state index is 0.00922. The molecule has 1 N–H and O–H groups in total. The largest absolute Gasteiger partial charge is 0.441 e. The molecule has 26 heavy (non-hydrogen) atoms. The van der Waals surface area contributed by atoms with Crippen molar-refractivity contribution in [3.63, 3.8) is 0 Å². The zero-order valence-corrected chi connectivity index (χ0v) is 16.7. The van der Waals surface area contributed by atoms with Gasteiger partial charge in [-0.05, 0) is 39.8 Å². The number of nitrogens with zero attached hydrogens (tertiary/aromatic N) is 2. The van der Waals surface area contributed by atoms with Crippen molar-refractivity contribution >= 4 is 17.5 Å². The Morgan fingerprint density at radius 2 is 1.92 bits per heavy atom. The molecule has 0 saturated carbocycles. The van der Waals surface area contributed by atoms with Crippen molar-refractivity contribution in [2.75, 3.05) is 13.1 Å². The van der Waals surface area contributed by atoms with E-state index in [2.05, 4.69) is 42.9 Å². The third kappa shape index (κ3) is 5.85. The van der Waals surface area contributed by atoms with Gasteiger partial charge in [-0.2, -0.15) is 0 Å². The van der Waals surface area contributed by atoms with Gasteiger partial charge in [-0.15, -0.1) is 0 Å². The molecule has 0 fully saturated rings. The van der Waals surface area contributed by atoms with Crippen LogP contribution in [0.5, 0.6) is 0 Å². The summed E-state index contributed by atoms with van der Waals surface area (Å²) in [5.74, 6) is 1.17. The molecule has 0 aliphatic rings. The summed E-state index contributed by atoms with van der Waals surface area (Å²) in [4.78, 5) is 18.6. The molecule has 0 unspecified atom stereocenters. The Labute approximate surface area is 160 Å². The predicted octanol–water partition coefficient (Wildman–Crippen LogP) is 4.16. The van der Waals surface area contributed by atoms with Crippen molar-refractivity contribution in [3.8, 4) is 11.3 Å². The summed E-state index contributed by atoms with van der Waals surface area (Å²) in [5.41, 5.74) is 0.805. The fourth-order valence-electron chi connectivity index (χ4n) is 2.96. The molecule has 0 aliphatic heterocycles. The highest BCUT2D eigenvalue weighted by molar-refractivity contribution is 6.33. The number of carbonyl (C=O) groups is 1. The van der Waals surface area contributed by atoms with Crippen LogP contribution in [-0.2, 0) is 11.2 Å². The smallest absolute Gasteiger partial charge is 0.220 e. The molecule has 5 nitrogen and oxygen atoms in total. The Kier molecular flexibility index (Phi) is 7.66. The van der Waals surface area contributed by atoms with Crippen LogP contribution in [0.3, 0.4) is 0 Å². The Bertz CT molecular complexity index is 705. The van der Waals surface area contributed by atoms with Crippen molar-refractivity contribution in [1.29, 1.82) is 0 Å². The number of rotatable bonds is 9. The zero-order valence-electron chi connectivity index (χ0n) is 16.0. The van der Waals surface area contributed by atoms with Crippen LogP contribution in [0.1, 0.15) is 40.0 Å². The van der Waals surface area contributed by atoms with Gasteiger partial charge in [0.1, 0.15) is 0 Å². The topological polar surface area (TPSA) is 58.4 Å². The average Bonchev–Trinajstić information content (AvgIpc) is 3.05. The molecule has 0 bridgehead atoms. The number of benzene rings is 1. The number of oxazole rings is 1. The molecule has 0 aliphatic carbocycles. The SMILES string of the molecule is CC(C)N(CCNC(=O)CCc1ncc(-c2ccccc2Cl)o1)C(C)C. The first kappa shape index (κ1) is 20.5. The number of amides is 1. The second-order valence-corrected chi connectivity index (χ2v) is 7.28. The third-order valence-corrected chi connectivity index (χ3v) is 4.61. The number of hydrogen-bond donors (Lipinski definition) is 1. The van der Waals surface area contributed by atoms with Crippen LogP contribution in [-0.4, -0.2) is 41.0 Å². The van der Waals surface area contributed by atoms with Crippen molar-refractivity contribution in [1.82, 2.24) is 15.2 Å². The van der Waals surface area contributed by atoms with Crippen molar-refractivity contribution < 1.29 is 9.21 Å². The summed E-state index contributed by atoms with van der Waals surface area (Å²) in [7, 11) is 0. The maximum absolute atomic E-state index is 12.0. The van der Waals surface area contributed by atoms with Gasteiger partial charge >= 0.3 is 0 Å². The Hall–Kier alpha value is -1.85. The molecule has 0 saturated heterocycles. The van der Waals surface area contributed by atoms with Crippen LogP contribution in [0.4, 0.5) is 0 Å². The third-order valence-electron chi connectivity index (χ3n) is 4.28. The van der Waals surface area contributed by atoms with E-state index in [-0.39, 0.29) is 5.91 Å². The summed E-state index contributed by atoms with van der Waals surface area (Å²) in [6.45, 7) is 10.2. The van der Waals surface area contributed by atoms with Gasteiger partial charge < -0.3 is 9.73 Å². The normalized spacial score (nSPS) is 11.5. The van der Waals surface area contributed by atoms with Crippen molar-refractivity contribution in [2.45, 2.75) is 52.6 Å². The van der Waals surface area contributed by atoms with Gasteiger partial charge in [0.2, 0.25) is 5.91 Å². The second-order valence-electron chi connectivity index (χ2n) is 6.87. The van der Waals surface area contributed by atoms with E-state index < -0.39 is 0 Å². The van der Waals surface area contributed by atoms with E-state index in [1.54, 1.807) is 6.20 Å². The summed E-state index contributed by atoms with van der Waals surface area (Å²) >= 11 is 6.17. The zero-order chi connectivity index (χ0) is 19.1. The number of hydrogen-bond acceptors (Lipinski definition) is 4. The summed E-state index contributed by atoms with van der Waals surface area (Å²) in [6, 6.07) is 8.38. The van der Waals surface area contributed by atoms with Crippen LogP contribution < -0.4 is 5.32 Å². The fraction of sp³-hybridized carbons (Fsp3) is 0.500. The summed E-state index contributed by atoms with van der Waals surface area (Å²) in [5, 5.41) is 3.59. The van der Waals surface area contributed by atoms with E-state index in [4.69, 9.17) is 16.0 Å². The van der Waals surface area contributed by atoms with Crippen molar-refractivity contribution in [3.05, 3.63) is 41.4 Å². The van der Waals surface area contributed by atoms with E-state index in [1.165, 1.54) is 0 Å². The fourth-order valence-corrected chi connectivity index (χ4v) is 3.19. The van der Waals surface area contributed by atoms with Crippen LogP contribution in [0.2, 0.25) is 5.02 Å². The molecule has 1 aromatic carbocycles. The minimum atomic E-state index is 0.00922. The second kappa shape index (κ2) is 9.74. The molecular weight excluding hydrogens is 350 g/mol. The summed E-state index contributed by atoms with van der Waals surface area (Å²) in [6.07, 6.45) is 2.47. The maximum Gasteiger partial charge on any atom is 0.220 e. The van der Waals surface area contributed by atoms with Gasteiger partial charge in [0, 0.05) is 43.6 Å². The van der Waals surface area contributed by atoms with Crippen LogP contribution in [0, 0.1) is 0 Å². The average molecular weight is 378 g/mol. The predicted molar refractivity (Wildman–Crippen MR) is 105 cm³/mol. The molecule has 6 heteroatoms. The van der Waals surface area contributed by atoms with E-state index in [9.17, 15) is 4.79 Å². The number of aryl methyl sites for hydroxylation is 1. The first-order chi connectivity index (χ1) is 12.4. The van der Waals surface area contributed by atoms with E-state index >= 15 is 0 Å². The standard InChI is InChI=1S/C20H28ClN3O2/c1-14(2)24(15(3)4)12-11-22-19(25)9-10-20-23-13-18(26-20)16-7-5-6-8-17(16)21/h5-8,13-15H,9-12H2,1-4H3,(H,22,25). The number of carbonyl (C=O) groups excluding carboxylic acids is 1. The van der Waals surface area contributed by atoms with Gasteiger partial charge in [0.25, 0.3) is 0 Å². The first-order valence-electron chi connectivity index (χ1n) is 9.10. The molecule has 142 valence electrons. The molecular formula is C20H28ClN3O2. The molecule has 1 heterocycles. The lowest BCUT2D eigenvalue weighted by atomic mass is 10.2. The Morgan fingerprint density at radius 3 is 2.58 bits per heavy atom. The molecule has 0 spiro atoms. The van der Waals surface area contributed by atoms with E-state index in [1.807, 2.05) is 24.3 Å². The monoisotopic (exact) mass is 377 g/mol. The van der Waals surface area contributed by atoms with Gasteiger partial charge in [-0.25, -0.2) is 4.98 Å². The van der Waals surface area contributed by atoms with Crippen LogP contribution in [0.25, 0.3) is 11.3 Å². The summed E-state index contributed by atoms with van der Waals surface area (Å²) < 4.78 is 5.72. The van der Waals surface area contributed by atoms with Gasteiger partial charge in [-0.1, -0.05) is 23.7 Å². The van der Waals surface area contributed by atoms with Crippen molar-refractivity contribution in [2.24, 2.45) is 0 Å². The highest BCUT2D eigenvalue weighted by Crippen LogP contribution is 2.28. The Balaban J connectivity index is 1.79. The highest BCUT2D eigenvalue weighted by Gasteiger charge is 2.14. The lowest BCUT2D eigenvalue weighted by Crippen LogP contribution is -2.42. The molecule has 2 rings (SSSR count). The van der Waals surface area contributed by atoms with Gasteiger partial charge in [0.15, 0.2) is 11.7 Å². The highest BCUT2D eigenvalue weighted by atomic mass is 35.5. The molecule has 1 aromatic heterocycles. The molecule has 2 aromatic rings. The number of halogens is 1. The van der Waals surface area contributed by atoms with Crippen LogP contribution in [0.15, 0.2) is 34.9 Å². The lowest BCUT2D eigenvalue weighted by Gasteiger charge is -2.30. The van der Waals surface area contributed by atoms with Gasteiger partial charge in [-0.3, -0.25) is 9.69 Å². The van der Waals surface area contributed by atoms with Crippen LogP contribution >= 0.6 is 11.6 Å². The Morgan fingerprint density at radius 1 is 1.23 bits per heavy atom.